The molecule has 3 heterocycles. The van der Waals surface area contributed by atoms with E-state index in [-0.39, 0.29) is 12.1 Å². The van der Waals surface area contributed by atoms with Gasteiger partial charge < -0.3 is 24.3 Å². The van der Waals surface area contributed by atoms with E-state index in [1.165, 1.54) is 0 Å². The van der Waals surface area contributed by atoms with Crippen molar-refractivity contribution in [1.82, 2.24) is 14.9 Å². The van der Waals surface area contributed by atoms with E-state index in [1.807, 2.05) is 54.6 Å². The van der Waals surface area contributed by atoms with Crippen LogP contribution in [0, 0.1) is 13.8 Å². The van der Waals surface area contributed by atoms with E-state index in [9.17, 15) is 0 Å². The predicted molar refractivity (Wildman–Crippen MR) is 157 cm³/mol. The van der Waals surface area contributed by atoms with E-state index in [0.29, 0.717) is 34.1 Å². The van der Waals surface area contributed by atoms with Crippen LogP contribution in [-0.4, -0.2) is 35.0 Å². The molecule has 1 N–H and O–H groups in total. The minimum atomic E-state index is -0.173. The first-order valence-electron chi connectivity index (χ1n) is 12.3. The third kappa shape index (κ3) is 5.12. The van der Waals surface area contributed by atoms with Gasteiger partial charge in [-0.3, -0.25) is 4.98 Å². The smallest absolute Gasteiger partial charge is 0.174 e. The van der Waals surface area contributed by atoms with Gasteiger partial charge in [0, 0.05) is 41.1 Å². The van der Waals surface area contributed by atoms with Crippen LogP contribution < -0.4 is 15.0 Å². The molecule has 1 saturated heterocycles. The lowest BCUT2D eigenvalue weighted by Gasteiger charge is -2.28. The van der Waals surface area contributed by atoms with Crippen LogP contribution in [-0.2, 0) is 4.74 Å². The maximum atomic E-state index is 6.65. The molecule has 0 bridgehead atoms. The normalized spacial score (nSPS) is 17.1. The molecule has 9 heteroatoms. The summed E-state index contributed by atoms with van der Waals surface area (Å²) in [5.41, 5.74) is 6.09. The minimum absolute atomic E-state index is 0.173. The number of nitrogens with zero attached hydrogens (tertiary/aromatic N) is 3. The number of halogens is 2. The maximum absolute atomic E-state index is 6.65. The fraction of sp³-hybridized carbons (Fsp3) is 0.241. The number of aromatic nitrogens is 2. The zero-order chi connectivity index (χ0) is 26.8. The Kier molecular flexibility index (Phi) is 7.91. The fourth-order valence-corrected chi connectivity index (χ4v) is 5.80. The molecule has 0 spiro atoms. The van der Waals surface area contributed by atoms with Crippen LogP contribution in [0.25, 0.3) is 5.69 Å². The van der Waals surface area contributed by atoms with E-state index < -0.39 is 0 Å². The monoisotopic (exact) mass is 566 g/mol. The highest BCUT2D eigenvalue weighted by atomic mass is 35.5. The molecule has 1 fully saturated rings. The Hall–Kier alpha value is -3.10. The van der Waals surface area contributed by atoms with Crippen molar-refractivity contribution < 1.29 is 9.47 Å². The largest absolute Gasteiger partial charge is 0.490 e. The van der Waals surface area contributed by atoms with Crippen LogP contribution in [0.3, 0.4) is 0 Å². The quantitative estimate of drug-likeness (QED) is 0.183. The molecule has 1 aliphatic heterocycles. The highest BCUT2D eigenvalue weighted by molar-refractivity contribution is 7.80. The summed E-state index contributed by atoms with van der Waals surface area (Å²) in [6.07, 6.45) is 1.80. The lowest BCUT2D eigenvalue weighted by Crippen LogP contribution is -2.29. The molecule has 2 atom stereocenters. The van der Waals surface area contributed by atoms with Crippen LogP contribution in [0.1, 0.15) is 34.7 Å². The Morgan fingerprint density at radius 2 is 1.82 bits per heavy atom. The number of pyridine rings is 1. The van der Waals surface area contributed by atoms with Crippen LogP contribution in [0.2, 0.25) is 10.0 Å². The number of hydrogen-bond acceptors (Lipinski definition) is 4. The number of rotatable bonds is 8. The Balaban J connectivity index is 1.61. The lowest BCUT2D eigenvalue weighted by molar-refractivity contribution is 0.146. The summed E-state index contributed by atoms with van der Waals surface area (Å²) >= 11 is 18.9. The highest BCUT2D eigenvalue weighted by Gasteiger charge is 2.42. The van der Waals surface area contributed by atoms with Crippen molar-refractivity contribution >= 4 is 46.2 Å². The standard InChI is InChI=1S/C29H28Cl2N4O2S/c1-18-15-23(19(2)34(18)21-8-6-7-20(30)16-21)28-27(25-9-4-5-12-32-25)33-29(38)35(28)22-10-11-26(24(31)17-22)37-14-13-36-3/h4-12,15-17,27-28H,13-14H2,1-3H3,(H,33,38)/t27-,28+/m0/s1. The van der Waals surface area contributed by atoms with Crippen LogP contribution in [0.15, 0.2) is 72.9 Å². The second kappa shape index (κ2) is 11.3. The number of hydrogen-bond donors (Lipinski definition) is 1. The Bertz CT molecular complexity index is 1460. The van der Waals surface area contributed by atoms with Gasteiger partial charge in [0.1, 0.15) is 12.4 Å². The molecule has 4 aromatic rings. The first-order valence-corrected chi connectivity index (χ1v) is 13.4. The van der Waals surface area contributed by atoms with Crippen LogP contribution >= 0.6 is 35.4 Å². The van der Waals surface area contributed by atoms with Gasteiger partial charge in [-0.1, -0.05) is 35.3 Å². The number of nitrogens with one attached hydrogen (secondary N) is 1. The Labute approximate surface area is 238 Å². The number of benzene rings is 2. The van der Waals surface area contributed by atoms with Crippen molar-refractivity contribution in [3.63, 3.8) is 0 Å². The topological polar surface area (TPSA) is 51.6 Å². The van der Waals surface area contributed by atoms with Gasteiger partial charge in [-0.15, -0.1) is 0 Å². The van der Waals surface area contributed by atoms with E-state index >= 15 is 0 Å². The van der Waals surface area contributed by atoms with E-state index in [0.717, 1.165) is 34.0 Å². The molecule has 38 heavy (non-hydrogen) atoms. The summed E-state index contributed by atoms with van der Waals surface area (Å²) in [5, 5.41) is 5.32. The van der Waals surface area contributed by atoms with Gasteiger partial charge in [-0.25, -0.2) is 0 Å². The molecule has 0 saturated carbocycles. The van der Waals surface area contributed by atoms with Gasteiger partial charge in [-0.2, -0.15) is 0 Å². The fourth-order valence-electron chi connectivity index (χ4n) is 5.04. The molecular formula is C29H28Cl2N4O2S. The molecule has 2 aromatic carbocycles. The van der Waals surface area contributed by atoms with Crippen molar-refractivity contribution in [3.05, 3.63) is 106 Å². The molecule has 2 aromatic heterocycles. The van der Waals surface area contributed by atoms with E-state index in [4.69, 9.17) is 44.9 Å². The van der Waals surface area contributed by atoms with Crippen molar-refractivity contribution in [1.29, 1.82) is 0 Å². The summed E-state index contributed by atoms with van der Waals surface area (Å²) in [4.78, 5) is 6.78. The van der Waals surface area contributed by atoms with Crippen molar-refractivity contribution in [3.8, 4) is 11.4 Å². The summed E-state index contributed by atoms with van der Waals surface area (Å²) in [7, 11) is 1.64. The second-order valence-corrected chi connectivity index (χ2v) is 10.3. The number of anilines is 1. The number of aryl methyl sites for hydroxylation is 1. The second-order valence-electron chi connectivity index (χ2n) is 9.09. The van der Waals surface area contributed by atoms with Gasteiger partial charge >= 0.3 is 0 Å². The number of ether oxygens (including phenoxy) is 2. The molecular weight excluding hydrogens is 539 g/mol. The average Bonchev–Trinajstić information content (AvgIpc) is 3.40. The summed E-state index contributed by atoms with van der Waals surface area (Å²) in [6, 6.07) is 21.4. The molecule has 0 radical (unpaired) electrons. The molecule has 0 unspecified atom stereocenters. The van der Waals surface area contributed by atoms with Gasteiger partial charge in [0.05, 0.1) is 29.4 Å². The van der Waals surface area contributed by atoms with Crippen LogP contribution in [0.4, 0.5) is 5.69 Å². The SMILES string of the molecule is COCCOc1ccc(N2C(=S)N[C@@H](c3ccccn3)[C@H]2c2cc(C)n(-c3cccc(Cl)c3)c2C)cc1Cl. The van der Waals surface area contributed by atoms with Gasteiger partial charge in [0.15, 0.2) is 5.11 Å². The molecule has 0 aliphatic carbocycles. The number of methoxy groups -OCH3 is 1. The zero-order valence-electron chi connectivity index (χ0n) is 21.3. The molecule has 0 amide bonds. The maximum Gasteiger partial charge on any atom is 0.174 e. The van der Waals surface area contributed by atoms with Crippen molar-refractivity contribution in [2.24, 2.45) is 0 Å². The summed E-state index contributed by atoms with van der Waals surface area (Å²) in [5.74, 6) is 0.600. The summed E-state index contributed by atoms with van der Waals surface area (Å²) in [6.45, 7) is 5.12. The predicted octanol–water partition coefficient (Wildman–Crippen LogP) is 7.00. The first kappa shape index (κ1) is 26.5. The highest BCUT2D eigenvalue weighted by Crippen LogP contribution is 2.45. The Morgan fingerprint density at radius 3 is 2.53 bits per heavy atom. The molecule has 5 rings (SSSR count). The van der Waals surface area contributed by atoms with Crippen LogP contribution in [0.5, 0.6) is 5.75 Å². The third-order valence-electron chi connectivity index (χ3n) is 6.69. The summed E-state index contributed by atoms with van der Waals surface area (Å²) < 4.78 is 13.1. The lowest BCUT2D eigenvalue weighted by atomic mass is 9.96. The van der Waals surface area contributed by atoms with E-state index in [1.54, 1.807) is 13.3 Å². The van der Waals surface area contributed by atoms with E-state index in [2.05, 4.69) is 45.7 Å². The first-order chi connectivity index (χ1) is 18.4. The molecule has 196 valence electrons. The zero-order valence-corrected chi connectivity index (χ0v) is 23.6. The molecule has 6 nitrogen and oxygen atoms in total. The molecule has 1 aliphatic rings. The third-order valence-corrected chi connectivity index (χ3v) is 7.54. The van der Waals surface area contributed by atoms with Gasteiger partial charge in [-0.05, 0) is 86.2 Å². The Morgan fingerprint density at radius 1 is 0.974 bits per heavy atom. The average molecular weight is 568 g/mol. The van der Waals surface area contributed by atoms with Crippen molar-refractivity contribution in [2.75, 3.05) is 25.2 Å². The van der Waals surface area contributed by atoms with Gasteiger partial charge in [0.2, 0.25) is 0 Å². The number of thiocarbonyl (C=S) groups is 1. The van der Waals surface area contributed by atoms with Crippen molar-refractivity contribution in [2.45, 2.75) is 25.9 Å². The van der Waals surface area contributed by atoms with Gasteiger partial charge in [0.25, 0.3) is 0 Å². The minimum Gasteiger partial charge on any atom is -0.490 e.